The summed E-state index contributed by atoms with van der Waals surface area (Å²) < 4.78 is 37.4. The predicted molar refractivity (Wildman–Crippen MR) is 62.7 cm³/mol. The Hall–Kier alpha value is 0.190. The normalized spacial score (nSPS) is 12.9. The van der Waals surface area contributed by atoms with Crippen molar-refractivity contribution >= 4 is 39.5 Å². The number of rotatable bonds is 3. The van der Waals surface area contributed by atoms with Crippen LogP contribution in [0.1, 0.15) is 11.1 Å². The van der Waals surface area contributed by atoms with E-state index in [9.17, 15) is 13.3 Å². The molecule has 0 saturated carbocycles. The molecule has 0 saturated heterocycles. The molecule has 3 nitrogen and oxygen atoms in total. The minimum Gasteiger partial charge on any atom is -0.320 e. The van der Waals surface area contributed by atoms with Crippen molar-refractivity contribution in [3.8, 4) is 0 Å². The molecular weight excluding hydrogens is 373 g/mol. The largest absolute Gasteiger partial charge is 0.399 e. The van der Waals surface area contributed by atoms with Gasteiger partial charge in [0.15, 0.2) is 0 Å². The Kier molecular flexibility index (Phi) is 4.29. The average Bonchev–Trinajstić information content (AvgIpc) is 2.15. The molecule has 0 aromatic heterocycles. The molecule has 8 heteroatoms. The monoisotopic (exact) mass is 378 g/mol. The molecular formula is C8H7Br2F2O3P. The van der Waals surface area contributed by atoms with Gasteiger partial charge in [-0.05, 0) is 11.6 Å². The van der Waals surface area contributed by atoms with Crippen molar-refractivity contribution in [3.05, 3.63) is 33.8 Å². The van der Waals surface area contributed by atoms with Crippen LogP contribution in [0.4, 0.5) is 8.78 Å². The lowest BCUT2D eigenvalue weighted by Gasteiger charge is -2.19. The minimum atomic E-state index is -5.52. The quantitative estimate of drug-likeness (QED) is 0.623. The van der Waals surface area contributed by atoms with E-state index in [2.05, 4.69) is 31.9 Å². The Bertz CT molecular complexity index is 447. The van der Waals surface area contributed by atoms with Crippen LogP contribution >= 0.6 is 39.5 Å². The molecule has 1 aromatic rings. The topological polar surface area (TPSA) is 57.5 Å². The molecule has 0 aliphatic heterocycles. The van der Waals surface area contributed by atoms with Crippen LogP contribution < -0.4 is 0 Å². The fourth-order valence-electron chi connectivity index (χ4n) is 1.04. The number of hydrogen-bond acceptors (Lipinski definition) is 1. The van der Waals surface area contributed by atoms with Gasteiger partial charge >= 0.3 is 13.3 Å². The molecule has 1 rings (SSSR count). The summed E-state index contributed by atoms with van der Waals surface area (Å²) in [4.78, 5) is 17.2. The molecule has 0 aliphatic carbocycles. The van der Waals surface area contributed by atoms with E-state index in [1.54, 1.807) is 0 Å². The molecule has 1 aromatic carbocycles. The number of halogens is 4. The van der Waals surface area contributed by atoms with E-state index in [-0.39, 0.29) is 4.47 Å². The van der Waals surface area contributed by atoms with Gasteiger partial charge in [0.2, 0.25) is 0 Å². The summed E-state index contributed by atoms with van der Waals surface area (Å²) in [5.74, 6) is 0. The van der Waals surface area contributed by atoms with E-state index >= 15 is 0 Å². The molecule has 2 N–H and O–H groups in total. The summed E-state index contributed by atoms with van der Waals surface area (Å²) in [7, 11) is -5.52. The van der Waals surface area contributed by atoms with Gasteiger partial charge in [-0.2, -0.15) is 8.78 Å². The van der Waals surface area contributed by atoms with E-state index in [0.29, 0.717) is 5.33 Å². The van der Waals surface area contributed by atoms with Crippen LogP contribution in [0.15, 0.2) is 22.7 Å². The van der Waals surface area contributed by atoms with E-state index < -0.39 is 18.8 Å². The lowest BCUT2D eigenvalue weighted by atomic mass is 10.1. The Balaban J connectivity index is 3.30. The molecule has 0 spiro atoms. The van der Waals surface area contributed by atoms with E-state index in [4.69, 9.17) is 9.79 Å². The summed E-state index contributed by atoms with van der Waals surface area (Å²) in [6.45, 7) is 0. The Morgan fingerprint density at radius 1 is 1.38 bits per heavy atom. The second-order valence-electron chi connectivity index (χ2n) is 3.03. The van der Waals surface area contributed by atoms with Gasteiger partial charge in [0, 0.05) is 15.4 Å². The average molecular weight is 380 g/mol. The van der Waals surface area contributed by atoms with Crippen molar-refractivity contribution in [2.45, 2.75) is 11.0 Å². The zero-order valence-electron chi connectivity index (χ0n) is 7.70. The van der Waals surface area contributed by atoms with E-state index in [0.717, 1.165) is 11.6 Å². The van der Waals surface area contributed by atoms with Crippen molar-refractivity contribution in [2.75, 3.05) is 0 Å². The maximum atomic E-state index is 13.4. The first kappa shape index (κ1) is 14.3. The number of benzene rings is 1. The summed E-state index contributed by atoms with van der Waals surface area (Å²) in [6.07, 6.45) is 0. The first-order chi connectivity index (χ1) is 7.20. The molecule has 0 atom stereocenters. The van der Waals surface area contributed by atoms with Gasteiger partial charge < -0.3 is 9.79 Å². The second-order valence-corrected chi connectivity index (χ2v) is 6.10. The number of hydrogen-bond donors (Lipinski definition) is 2. The zero-order valence-corrected chi connectivity index (χ0v) is 11.8. The van der Waals surface area contributed by atoms with Gasteiger partial charge in [-0.1, -0.05) is 44.0 Å². The van der Waals surface area contributed by atoms with Crippen LogP contribution in [0.2, 0.25) is 0 Å². The van der Waals surface area contributed by atoms with Crippen LogP contribution in [0.5, 0.6) is 0 Å². The molecule has 90 valence electrons. The predicted octanol–water partition coefficient (Wildman–Crippen LogP) is 3.57. The minimum absolute atomic E-state index is 0.0298. The third-order valence-corrected chi connectivity index (χ3v) is 4.15. The maximum Gasteiger partial charge on any atom is 0.399 e. The molecule has 0 unspecified atom stereocenters. The fourth-order valence-corrected chi connectivity index (χ4v) is 2.73. The summed E-state index contributed by atoms with van der Waals surface area (Å²) in [5, 5.41) is 0.466. The molecule has 16 heavy (non-hydrogen) atoms. The first-order valence-electron chi connectivity index (χ1n) is 3.98. The van der Waals surface area contributed by atoms with Gasteiger partial charge in [0.1, 0.15) is 0 Å². The highest BCUT2D eigenvalue weighted by Crippen LogP contribution is 2.60. The van der Waals surface area contributed by atoms with Crippen LogP contribution in [0.25, 0.3) is 0 Å². The Labute approximate surface area is 107 Å². The Morgan fingerprint density at radius 2 is 1.94 bits per heavy atom. The van der Waals surface area contributed by atoms with Gasteiger partial charge in [-0.25, -0.2) is 0 Å². The van der Waals surface area contributed by atoms with Crippen LogP contribution in [0.3, 0.4) is 0 Å². The van der Waals surface area contributed by atoms with Crippen molar-refractivity contribution in [2.24, 2.45) is 0 Å². The van der Waals surface area contributed by atoms with Crippen molar-refractivity contribution < 1.29 is 23.1 Å². The molecule has 0 heterocycles. The van der Waals surface area contributed by atoms with E-state index in [1.807, 2.05) is 0 Å². The summed E-state index contributed by atoms with van der Waals surface area (Å²) in [5.41, 5.74) is -4.18. The van der Waals surface area contributed by atoms with Gasteiger partial charge in [0.25, 0.3) is 0 Å². The molecule has 0 fully saturated rings. The first-order valence-corrected chi connectivity index (χ1v) is 7.51. The van der Waals surface area contributed by atoms with Gasteiger partial charge in [-0.3, -0.25) is 4.57 Å². The van der Waals surface area contributed by atoms with Crippen molar-refractivity contribution in [1.29, 1.82) is 0 Å². The number of alkyl halides is 3. The van der Waals surface area contributed by atoms with Crippen LogP contribution in [-0.4, -0.2) is 9.79 Å². The van der Waals surface area contributed by atoms with Crippen LogP contribution in [-0.2, 0) is 15.6 Å². The summed E-state index contributed by atoms with van der Waals surface area (Å²) in [6, 6.07) is 3.76. The molecule has 0 amide bonds. The van der Waals surface area contributed by atoms with Crippen molar-refractivity contribution in [3.63, 3.8) is 0 Å². The highest BCUT2D eigenvalue weighted by molar-refractivity contribution is 9.10. The third kappa shape index (κ3) is 2.71. The summed E-state index contributed by atoms with van der Waals surface area (Å²) >= 11 is 6.02. The lowest BCUT2D eigenvalue weighted by Crippen LogP contribution is -2.14. The third-order valence-electron chi connectivity index (χ3n) is 1.88. The van der Waals surface area contributed by atoms with Gasteiger partial charge in [-0.15, -0.1) is 0 Å². The van der Waals surface area contributed by atoms with Gasteiger partial charge in [0.05, 0.1) is 0 Å². The Morgan fingerprint density at radius 3 is 2.31 bits per heavy atom. The van der Waals surface area contributed by atoms with E-state index in [1.165, 1.54) is 12.1 Å². The fraction of sp³-hybridized carbons (Fsp3) is 0.250. The van der Waals surface area contributed by atoms with Crippen LogP contribution in [0, 0.1) is 0 Å². The zero-order chi connectivity index (χ0) is 12.6. The highest BCUT2D eigenvalue weighted by Gasteiger charge is 2.51. The van der Waals surface area contributed by atoms with Crippen molar-refractivity contribution in [1.82, 2.24) is 0 Å². The molecule has 0 aliphatic rings. The molecule has 0 bridgehead atoms. The maximum absolute atomic E-state index is 13.4. The lowest BCUT2D eigenvalue weighted by molar-refractivity contribution is 0.0557. The molecule has 0 radical (unpaired) electrons. The SMILES string of the molecule is O=P(O)(O)C(F)(F)c1ccc(CBr)cc1Br. The highest BCUT2D eigenvalue weighted by atomic mass is 79.9. The second kappa shape index (κ2) is 4.82. The standard InChI is InChI=1S/C8H7Br2F2O3P/c9-4-5-1-2-6(7(10)3-5)8(11,12)16(13,14)15/h1-3H,4H2,(H2,13,14,15). The smallest absolute Gasteiger partial charge is 0.320 e.